The highest BCUT2D eigenvalue weighted by Gasteiger charge is 2.12. The second-order valence-electron chi connectivity index (χ2n) is 5.61. The van der Waals surface area contributed by atoms with Crippen LogP contribution in [0.2, 0.25) is 0 Å². The summed E-state index contributed by atoms with van der Waals surface area (Å²) in [4.78, 5) is 11.2. The summed E-state index contributed by atoms with van der Waals surface area (Å²) < 4.78 is 12.8. The number of hydrogen-bond donors (Lipinski definition) is 1. The van der Waals surface area contributed by atoms with Crippen LogP contribution in [0.4, 0.5) is 10.3 Å². The number of anilines is 1. The van der Waals surface area contributed by atoms with Gasteiger partial charge in [0.1, 0.15) is 5.82 Å². The minimum absolute atomic E-state index is 0.180. The Morgan fingerprint density at radius 3 is 2.27 bits per heavy atom. The van der Waals surface area contributed by atoms with Crippen LogP contribution >= 0.6 is 0 Å². The van der Waals surface area contributed by atoms with Gasteiger partial charge in [0.25, 0.3) is 0 Å². The van der Waals surface area contributed by atoms with Crippen molar-refractivity contribution in [3.8, 4) is 0 Å². The molecule has 1 N–H and O–H groups in total. The average molecular weight is 300 g/mol. The van der Waals surface area contributed by atoms with Gasteiger partial charge in [-0.15, -0.1) is 0 Å². The van der Waals surface area contributed by atoms with Crippen molar-refractivity contribution in [1.82, 2.24) is 15.3 Å². The quantitative estimate of drug-likeness (QED) is 0.919. The largest absolute Gasteiger partial charge is 0.338 e. The highest BCUT2D eigenvalue weighted by molar-refractivity contribution is 5.30. The molecule has 0 saturated carbocycles. The number of benzene rings is 1. The monoisotopic (exact) mass is 300 g/mol. The van der Waals surface area contributed by atoms with E-state index in [1.807, 2.05) is 24.5 Å². The number of hydrogen-bond acceptors (Lipinski definition) is 4. The van der Waals surface area contributed by atoms with E-state index in [0.717, 1.165) is 57.0 Å². The molecule has 0 atom stereocenters. The zero-order valence-corrected chi connectivity index (χ0v) is 12.6. The number of nitrogens with one attached hydrogen (secondary N) is 1. The maximum absolute atomic E-state index is 12.8. The Morgan fingerprint density at radius 2 is 1.59 bits per heavy atom. The molecule has 3 rings (SSSR count). The predicted octanol–water partition coefficient (Wildman–Crippen LogP) is 2.20. The lowest BCUT2D eigenvalue weighted by Gasteiger charge is -2.27. The summed E-state index contributed by atoms with van der Waals surface area (Å²) in [5, 5.41) is 3.32. The van der Waals surface area contributed by atoms with Crippen molar-refractivity contribution in [2.45, 2.75) is 19.3 Å². The fourth-order valence-electron chi connectivity index (χ4n) is 2.65. The lowest BCUT2D eigenvalue weighted by Crippen LogP contribution is -2.44. The van der Waals surface area contributed by atoms with Crippen LogP contribution in [0.5, 0.6) is 0 Å². The van der Waals surface area contributed by atoms with Crippen molar-refractivity contribution >= 4 is 5.95 Å². The molecule has 1 saturated heterocycles. The van der Waals surface area contributed by atoms with Gasteiger partial charge < -0.3 is 10.2 Å². The van der Waals surface area contributed by atoms with E-state index in [-0.39, 0.29) is 5.82 Å². The topological polar surface area (TPSA) is 41.1 Å². The third-order valence-corrected chi connectivity index (χ3v) is 3.94. The van der Waals surface area contributed by atoms with Crippen molar-refractivity contribution in [2.75, 3.05) is 31.1 Å². The summed E-state index contributed by atoms with van der Waals surface area (Å²) in [5.74, 6) is 0.643. The summed E-state index contributed by atoms with van der Waals surface area (Å²) in [6, 6.07) is 6.72. The number of rotatable bonds is 5. The number of piperazine rings is 1. The fourth-order valence-corrected chi connectivity index (χ4v) is 2.65. The van der Waals surface area contributed by atoms with Crippen LogP contribution in [-0.2, 0) is 12.8 Å². The number of nitrogens with zero attached hydrogens (tertiary/aromatic N) is 3. The standard InChI is InChI=1S/C17H21FN4/c18-16-6-4-14(5-7-16)2-1-3-15-12-20-17(21-13-15)22-10-8-19-9-11-22/h4-7,12-13,19H,1-3,8-11H2. The zero-order valence-electron chi connectivity index (χ0n) is 12.6. The van der Waals surface area contributed by atoms with Gasteiger partial charge >= 0.3 is 0 Å². The lowest BCUT2D eigenvalue weighted by molar-refractivity contribution is 0.579. The molecule has 0 aliphatic carbocycles. The van der Waals surface area contributed by atoms with Gasteiger partial charge in [-0.1, -0.05) is 12.1 Å². The van der Waals surface area contributed by atoms with Gasteiger partial charge in [0.2, 0.25) is 5.95 Å². The molecule has 116 valence electrons. The van der Waals surface area contributed by atoms with Crippen LogP contribution in [0.15, 0.2) is 36.7 Å². The molecule has 0 radical (unpaired) electrons. The molecule has 1 aliphatic rings. The van der Waals surface area contributed by atoms with E-state index in [2.05, 4.69) is 20.2 Å². The lowest BCUT2D eigenvalue weighted by atomic mass is 10.1. The van der Waals surface area contributed by atoms with E-state index in [0.29, 0.717) is 0 Å². The van der Waals surface area contributed by atoms with Gasteiger partial charge in [-0.05, 0) is 42.5 Å². The third-order valence-electron chi connectivity index (χ3n) is 3.94. The molecule has 4 nitrogen and oxygen atoms in total. The molecule has 0 unspecified atom stereocenters. The van der Waals surface area contributed by atoms with Crippen molar-refractivity contribution in [1.29, 1.82) is 0 Å². The van der Waals surface area contributed by atoms with Gasteiger partial charge in [0.05, 0.1) is 0 Å². The summed E-state index contributed by atoms with van der Waals surface area (Å²) in [6.07, 6.45) is 6.76. The second-order valence-corrected chi connectivity index (χ2v) is 5.61. The van der Waals surface area contributed by atoms with Crippen LogP contribution in [0, 0.1) is 5.82 Å². The SMILES string of the molecule is Fc1ccc(CCCc2cnc(N3CCNCC3)nc2)cc1. The van der Waals surface area contributed by atoms with Crippen LogP contribution in [0.1, 0.15) is 17.5 Å². The highest BCUT2D eigenvalue weighted by atomic mass is 19.1. The molecular weight excluding hydrogens is 279 g/mol. The maximum atomic E-state index is 12.8. The molecule has 1 fully saturated rings. The Labute approximate surface area is 130 Å². The minimum atomic E-state index is -0.180. The van der Waals surface area contributed by atoms with Crippen molar-refractivity contribution < 1.29 is 4.39 Å². The van der Waals surface area contributed by atoms with Crippen molar-refractivity contribution in [2.24, 2.45) is 0 Å². The smallest absolute Gasteiger partial charge is 0.225 e. The highest BCUT2D eigenvalue weighted by Crippen LogP contribution is 2.11. The van der Waals surface area contributed by atoms with E-state index in [1.165, 1.54) is 17.7 Å². The Morgan fingerprint density at radius 1 is 0.955 bits per heavy atom. The Hall–Kier alpha value is -2.01. The van der Waals surface area contributed by atoms with Crippen LogP contribution in [0.3, 0.4) is 0 Å². The Bertz CT molecular complexity index is 577. The zero-order chi connectivity index (χ0) is 15.2. The molecule has 1 aromatic heterocycles. The Kier molecular flexibility index (Phi) is 4.96. The Balaban J connectivity index is 1.49. The summed E-state index contributed by atoms with van der Waals surface area (Å²) in [5.41, 5.74) is 2.32. The first kappa shape index (κ1) is 14.9. The summed E-state index contributed by atoms with van der Waals surface area (Å²) in [7, 11) is 0. The first-order chi connectivity index (χ1) is 10.8. The second kappa shape index (κ2) is 7.31. The third kappa shape index (κ3) is 4.01. The predicted molar refractivity (Wildman–Crippen MR) is 85.5 cm³/mol. The molecule has 2 heterocycles. The molecule has 0 bridgehead atoms. The van der Waals surface area contributed by atoms with Gasteiger partial charge in [-0.25, -0.2) is 14.4 Å². The number of aromatic nitrogens is 2. The van der Waals surface area contributed by atoms with E-state index < -0.39 is 0 Å². The normalized spacial score (nSPS) is 15.0. The first-order valence-corrected chi connectivity index (χ1v) is 7.82. The summed E-state index contributed by atoms with van der Waals surface area (Å²) in [6.45, 7) is 3.90. The average Bonchev–Trinajstić information content (AvgIpc) is 2.58. The van der Waals surface area contributed by atoms with Crippen molar-refractivity contribution in [3.05, 3.63) is 53.6 Å². The molecule has 1 aromatic carbocycles. The summed E-state index contributed by atoms with van der Waals surface area (Å²) >= 11 is 0. The van der Waals surface area contributed by atoms with Crippen LogP contribution in [-0.4, -0.2) is 36.1 Å². The minimum Gasteiger partial charge on any atom is -0.338 e. The van der Waals surface area contributed by atoms with E-state index in [4.69, 9.17) is 0 Å². The molecular formula is C17H21FN4. The van der Waals surface area contributed by atoms with Gasteiger partial charge in [-0.2, -0.15) is 0 Å². The molecule has 22 heavy (non-hydrogen) atoms. The fraction of sp³-hybridized carbons (Fsp3) is 0.412. The number of aryl methyl sites for hydroxylation is 2. The van der Waals surface area contributed by atoms with Gasteiger partial charge in [0, 0.05) is 38.6 Å². The molecule has 2 aromatic rings. The van der Waals surface area contributed by atoms with Crippen LogP contribution < -0.4 is 10.2 Å². The number of halogens is 1. The van der Waals surface area contributed by atoms with Crippen molar-refractivity contribution in [3.63, 3.8) is 0 Å². The van der Waals surface area contributed by atoms with E-state index >= 15 is 0 Å². The van der Waals surface area contributed by atoms with Crippen LogP contribution in [0.25, 0.3) is 0 Å². The van der Waals surface area contributed by atoms with Gasteiger partial charge in [0.15, 0.2) is 0 Å². The molecule has 0 amide bonds. The molecule has 0 spiro atoms. The molecule has 1 aliphatic heterocycles. The first-order valence-electron chi connectivity index (χ1n) is 7.82. The van der Waals surface area contributed by atoms with Gasteiger partial charge in [-0.3, -0.25) is 0 Å². The molecule has 5 heteroatoms. The van der Waals surface area contributed by atoms with E-state index in [1.54, 1.807) is 0 Å². The maximum Gasteiger partial charge on any atom is 0.225 e. The van der Waals surface area contributed by atoms with E-state index in [9.17, 15) is 4.39 Å².